The molecule has 0 aromatic rings. The van der Waals surface area contributed by atoms with E-state index in [-0.39, 0.29) is 0 Å². The Labute approximate surface area is 127 Å². The van der Waals surface area contributed by atoms with Crippen LogP contribution in [0.1, 0.15) is 33.1 Å². The van der Waals surface area contributed by atoms with Crippen molar-refractivity contribution < 1.29 is 5.11 Å². The van der Waals surface area contributed by atoms with Gasteiger partial charge in [-0.2, -0.15) is 0 Å². The number of nitrogens with one attached hydrogen (secondary N) is 2. The summed E-state index contributed by atoms with van der Waals surface area (Å²) in [7, 11) is 1.86. The lowest BCUT2D eigenvalue weighted by molar-refractivity contribution is 0.116. The number of nitrogens with two attached hydrogens (primary N) is 1. The molecule has 6 heteroatoms. The molecule has 0 heterocycles. The second-order valence-corrected chi connectivity index (χ2v) is 6.85. The summed E-state index contributed by atoms with van der Waals surface area (Å²) in [5, 5.41) is 22.0. The fourth-order valence-electron chi connectivity index (χ4n) is 2.12. The Hall–Kier alpha value is -0.400. The van der Waals surface area contributed by atoms with Crippen LogP contribution in [0, 0.1) is 11.3 Å². The minimum absolute atomic E-state index is 0.295. The van der Waals surface area contributed by atoms with Crippen LogP contribution in [0.4, 0.5) is 0 Å². The number of hydrazine groups is 1. The summed E-state index contributed by atoms with van der Waals surface area (Å²) < 4.78 is 0. The fourth-order valence-corrected chi connectivity index (χ4v) is 2.54. The molecular formula is C14H30N4OS. The SMILES string of the molecule is C=C(C)CC(CCC(O)NC[C@@H](C)SC=N)CN(C)N. The predicted octanol–water partition coefficient (Wildman–Crippen LogP) is 1.79. The quantitative estimate of drug-likeness (QED) is 0.110. The lowest BCUT2D eigenvalue weighted by Gasteiger charge is -2.23. The van der Waals surface area contributed by atoms with Crippen LogP contribution in [0.3, 0.4) is 0 Å². The molecule has 2 unspecified atom stereocenters. The molecule has 0 bridgehead atoms. The van der Waals surface area contributed by atoms with Crippen molar-refractivity contribution in [2.24, 2.45) is 11.8 Å². The zero-order valence-corrected chi connectivity index (χ0v) is 13.7. The molecule has 118 valence electrons. The van der Waals surface area contributed by atoms with E-state index in [1.807, 2.05) is 20.9 Å². The maximum atomic E-state index is 9.94. The number of thioether (sulfide) groups is 1. The average Bonchev–Trinajstić information content (AvgIpc) is 2.32. The van der Waals surface area contributed by atoms with Crippen LogP contribution in [0.15, 0.2) is 12.2 Å². The van der Waals surface area contributed by atoms with Gasteiger partial charge in [0.15, 0.2) is 0 Å². The van der Waals surface area contributed by atoms with E-state index in [0.717, 1.165) is 25.0 Å². The highest BCUT2D eigenvalue weighted by atomic mass is 32.2. The normalized spacial score (nSPS) is 15.9. The van der Waals surface area contributed by atoms with Crippen molar-refractivity contribution in [3.05, 3.63) is 12.2 Å². The van der Waals surface area contributed by atoms with Gasteiger partial charge in [-0.3, -0.25) is 11.2 Å². The topological polar surface area (TPSA) is 85.4 Å². The number of hydrogen-bond acceptors (Lipinski definition) is 6. The van der Waals surface area contributed by atoms with Crippen molar-refractivity contribution >= 4 is 17.3 Å². The van der Waals surface area contributed by atoms with Crippen molar-refractivity contribution in [1.82, 2.24) is 10.3 Å². The Kier molecular flexibility index (Phi) is 11.1. The van der Waals surface area contributed by atoms with E-state index in [0.29, 0.717) is 24.1 Å². The molecule has 0 aromatic carbocycles. The molecule has 0 aromatic heterocycles. The summed E-state index contributed by atoms with van der Waals surface area (Å²) in [4.78, 5) is 0. The minimum Gasteiger partial charge on any atom is -0.379 e. The second-order valence-electron chi connectivity index (χ2n) is 5.53. The highest BCUT2D eigenvalue weighted by Gasteiger charge is 2.14. The van der Waals surface area contributed by atoms with Crippen LogP contribution in [0.5, 0.6) is 0 Å². The van der Waals surface area contributed by atoms with Crippen LogP contribution >= 0.6 is 11.8 Å². The van der Waals surface area contributed by atoms with Crippen LogP contribution in [-0.2, 0) is 0 Å². The molecule has 0 aliphatic carbocycles. The Morgan fingerprint density at radius 1 is 1.55 bits per heavy atom. The van der Waals surface area contributed by atoms with Crippen LogP contribution in [0.2, 0.25) is 0 Å². The van der Waals surface area contributed by atoms with Crippen molar-refractivity contribution in [3.8, 4) is 0 Å². The number of aliphatic hydroxyl groups is 1. The van der Waals surface area contributed by atoms with Gasteiger partial charge in [-0.25, -0.2) is 5.01 Å². The summed E-state index contributed by atoms with van der Waals surface area (Å²) >= 11 is 1.45. The van der Waals surface area contributed by atoms with Gasteiger partial charge in [0.05, 0.1) is 5.55 Å². The molecule has 0 aliphatic rings. The standard InChI is InChI=1S/C14H30N4OS/c1-11(2)7-13(9-18(4)16)5-6-14(19)17-8-12(3)20-10-15/h10,12-15,17,19H,1,5-9,16H2,2-4H3/t12-,13?,14?/m1/s1. The molecule has 0 saturated heterocycles. The zero-order chi connectivity index (χ0) is 15.5. The minimum atomic E-state index is -0.500. The van der Waals surface area contributed by atoms with Crippen LogP contribution in [0.25, 0.3) is 0 Å². The molecule has 5 nitrogen and oxygen atoms in total. The largest absolute Gasteiger partial charge is 0.379 e. The van der Waals surface area contributed by atoms with E-state index in [1.54, 1.807) is 5.01 Å². The Morgan fingerprint density at radius 2 is 2.20 bits per heavy atom. The van der Waals surface area contributed by atoms with Gasteiger partial charge in [-0.05, 0) is 32.1 Å². The number of hydrogen-bond donors (Lipinski definition) is 4. The third kappa shape index (κ3) is 11.4. The van der Waals surface area contributed by atoms with Gasteiger partial charge in [0.1, 0.15) is 6.23 Å². The molecule has 0 saturated carbocycles. The molecule has 5 N–H and O–H groups in total. The highest BCUT2D eigenvalue weighted by Crippen LogP contribution is 2.17. The first kappa shape index (κ1) is 19.6. The monoisotopic (exact) mass is 302 g/mol. The first-order valence-corrected chi connectivity index (χ1v) is 7.95. The van der Waals surface area contributed by atoms with E-state index < -0.39 is 6.23 Å². The Bertz CT molecular complexity index is 286. The fraction of sp³-hybridized carbons (Fsp3) is 0.786. The van der Waals surface area contributed by atoms with Gasteiger partial charge in [0.2, 0.25) is 0 Å². The smallest absolute Gasteiger partial charge is 0.104 e. The number of nitrogens with zero attached hydrogens (tertiary/aromatic N) is 1. The van der Waals surface area contributed by atoms with E-state index in [2.05, 4.69) is 11.9 Å². The molecule has 20 heavy (non-hydrogen) atoms. The van der Waals surface area contributed by atoms with Gasteiger partial charge in [0, 0.05) is 25.4 Å². The summed E-state index contributed by atoms with van der Waals surface area (Å²) in [6.07, 6.45) is 2.05. The van der Waals surface area contributed by atoms with Crippen molar-refractivity contribution in [1.29, 1.82) is 5.41 Å². The van der Waals surface area contributed by atoms with Gasteiger partial charge < -0.3 is 10.5 Å². The average molecular weight is 302 g/mol. The van der Waals surface area contributed by atoms with E-state index in [1.165, 1.54) is 17.3 Å². The summed E-state index contributed by atoms with van der Waals surface area (Å²) in [6, 6.07) is 0. The molecule has 3 atom stereocenters. The maximum absolute atomic E-state index is 9.94. The van der Waals surface area contributed by atoms with Crippen LogP contribution < -0.4 is 11.2 Å². The summed E-state index contributed by atoms with van der Waals surface area (Å²) in [5.41, 5.74) is 2.48. The van der Waals surface area contributed by atoms with E-state index in [4.69, 9.17) is 11.3 Å². The van der Waals surface area contributed by atoms with Gasteiger partial charge >= 0.3 is 0 Å². The van der Waals surface area contributed by atoms with Gasteiger partial charge in [-0.15, -0.1) is 18.3 Å². The molecule has 0 aliphatic heterocycles. The second kappa shape index (κ2) is 11.3. The van der Waals surface area contributed by atoms with Gasteiger partial charge in [-0.1, -0.05) is 12.5 Å². The Balaban J connectivity index is 3.99. The van der Waals surface area contributed by atoms with Crippen molar-refractivity contribution in [2.45, 2.75) is 44.6 Å². The molecule has 0 radical (unpaired) electrons. The Morgan fingerprint density at radius 3 is 2.70 bits per heavy atom. The maximum Gasteiger partial charge on any atom is 0.104 e. The molecule has 0 amide bonds. The van der Waals surface area contributed by atoms with E-state index >= 15 is 0 Å². The summed E-state index contributed by atoms with van der Waals surface area (Å²) in [5.74, 6) is 6.13. The third-order valence-corrected chi connectivity index (χ3v) is 3.74. The zero-order valence-electron chi connectivity index (χ0n) is 12.9. The molecule has 0 fully saturated rings. The predicted molar refractivity (Wildman–Crippen MR) is 88.8 cm³/mol. The van der Waals surface area contributed by atoms with Crippen LogP contribution in [-0.4, -0.2) is 47.3 Å². The molecule has 0 rings (SSSR count). The number of rotatable bonds is 12. The first-order chi connectivity index (χ1) is 9.35. The highest BCUT2D eigenvalue weighted by molar-refractivity contribution is 8.12. The number of aliphatic hydroxyl groups excluding tert-OH is 1. The first-order valence-electron chi connectivity index (χ1n) is 7.01. The lowest BCUT2D eigenvalue weighted by Crippen LogP contribution is -2.35. The third-order valence-electron chi connectivity index (χ3n) is 2.97. The van der Waals surface area contributed by atoms with Crippen molar-refractivity contribution in [3.63, 3.8) is 0 Å². The number of allylic oxidation sites excluding steroid dienone is 1. The molecular weight excluding hydrogens is 272 g/mol. The summed E-state index contributed by atoms with van der Waals surface area (Å²) in [6.45, 7) is 9.50. The lowest BCUT2D eigenvalue weighted by atomic mass is 9.95. The van der Waals surface area contributed by atoms with E-state index in [9.17, 15) is 5.11 Å². The van der Waals surface area contributed by atoms with Gasteiger partial charge in [0.25, 0.3) is 0 Å². The van der Waals surface area contributed by atoms with Crippen molar-refractivity contribution in [2.75, 3.05) is 20.1 Å². The molecule has 0 spiro atoms.